The molecule has 1 rings (SSSR count). The van der Waals surface area contributed by atoms with E-state index >= 15 is 0 Å². The van der Waals surface area contributed by atoms with Gasteiger partial charge in [0.05, 0.1) is 6.61 Å². The minimum Gasteiger partial charge on any atom is -0.377 e. The van der Waals surface area contributed by atoms with Gasteiger partial charge in [-0.3, -0.25) is 0 Å². The number of rotatable bonds is 6. The molecule has 1 aromatic carbocycles. The van der Waals surface area contributed by atoms with E-state index in [0.717, 1.165) is 13.0 Å². The fourth-order valence-electron chi connectivity index (χ4n) is 1.15. The topological polar surface area (TPSA) is 47.3 Å². The molecule has 0 radical (unpaired) electrons. The van der Waals surface area contributed by atoms with Gasteiger partial charge in [0.15, 0.2) is 5.11 Å². The molecule has 0 heterocycles. The van der Waals surface area contributed by atoms with Crippen LogP contribution < -0.4 is 11.1 Å². The Hall–Kier alpha value is -1.13. The van der Waals surface area contributed by atoms with Gasteiger partial charge in [0.1, 0.15) is 0 Å². The average molecular weight is 224 g/mol. The van der Waals surface area contributed by atoms with Crippen LogP contribution in [0.15, 0.2) is 30.3 Å². The third kappa shape index (κ3) is 6.04. The minimum absolute atomic E-state index is 0.345. The molecule has 4 heteroatoms. The number of hydrogen-bond donors (Lipinski definition) is 2. The normalized spacial score (nSPS) is 9.87. The van der Waals surface area contributed by atoms with Crippen LogP contribution >= 0.6 is 12.2 Å². The molecular weight excluding hydrogens is 208 g/mol. The molecule has 1 aromatic rings. The van der Waals surface area contributed by atoms with E-state index in [2.05, 4.69) is 17.5 Å². The summed E-state index contributed by atoms with van der Waals surface area (Å²) in [4.78, 5) is 0. The van der Waals surface area contributed by atoms with Crippen molar-refractivity contribution in [2.24, 2.45) is 5.73 Å². The molecule has 0 aromatic heterocycles. The van der Waals surface area contributed by atoms with Crippen molar-refractivity contribution in [1.82, 2.24) is 5.32 Å². The summed E-state index contributed by atoms with van der Waals surface area (Å²) < 4.78 is 5.48. The maximum absolute atomic E-state index is 5.48. The molecule has 0 unspecified atom stereocenters. The van der Waals surface area contributed by atoms with Crippen LogP contribution in [0.25, 0.3) is 0 Å². The van der Waals surface area contributed by atoms with E-state index in [-0.39, 0.29) is 0 Å². The summed E-state index contributed by atoms with van der Waals surface area (Å²) in [6.07, 6.45) is 0.907. The molecule has 0 saturated carbocycles. The summed E-state index contributed by atoms with van der Waals surface area (Å²) in [5.74, 6) is 0. The van der Waals surface area contributed by atoms with Crippen LogP contribution in [0.3, 0.4) is 0 Å². The average Bonchev–Trinajstić information content (AvgIpc) is 2.24. The monoisotopic (exact) mass is 224 g/mol. The quantitative estimate of drug-likeness (QED) is 0.567. The standard InChI is InChI=1S/C11H16N2OS/c12-11(15)13-7-4-8-14-9-10-5-2-1-3-6-10/h1-3,5-6H,4,7-9H2,(H3,12,13,15). The van der Waals surface area contributed by atoms with Crippen molar-refractivity contribution in [2.45, 2.75) is 13.0 Å². The fourth-order valence-corrected chi connectivity index (χ4v) is 1.25. The van der Waals surface area contributed by atoms with Crippen LogP contribution in [0.1, 0.15) is 12.0 Å². The molecule has 15 heavy (non-hydrogen) atoms. The lowest BCUT2D eigenvalue weighted by atomic mass is 10.2. The minimum atomic E-state index is 0.345. The van der Waals surface area contributed by atoms with Crippen LogP contribution in [0, 0.1) is 0 Å². The maximum atomic E-state index is 5.48. The van der Waals surface area contributed by atoms with Gasteiger partial charge < -0.3 is 15.8 Å². The fraction of sp³-hybridized carbons (Fsp3) is 0.364. The lowest BCUT2D eigenvalue weighted by molar-refractivity contribution is 0.119. The molecule has 82 valence electrons. The van der Waals surface area contributed by atoms with Gasteiger partial charge in [0, 0.05) is 13.2 Å². The summed E-state index contributed by atoms with van der Waals surface area (Å²) in [5.41, 5.74) is 6.47. The number of nitrogens with two attached hydrogens (primary N) is 1. The highest BCUT2D eigenvalue weighted by Crippen LogP contribution is 2.00. The molecule has 0 aliphatic heterocycles. The van der Waals surface area contributed by atoms with E-state index in [1.54, 1.807) is 0 Å². The Labute approximate surface area is 95.6 Å². The summed E-state index contributed by atoms with van der Waals surface area (Å²) in [7, 11) is 0. The Bertz CT molecular complexity index is 290. The Morgan fingerprint density at radius 1 is 1.33 bits per heavy atom. The Morgan fingerprint density at radius 2 is 2.07 bits per heavy atom. The highest BCUT2D eigenvalue weighted by molar-refractivity contribution is 7.80. The summed E-state index contributed by atoms with van der Waals surface area (Å²) in [6, 6.07) is 10.1. The second-order valence-corrected chi connectivity index (χ2v) is 3.62. The third-order valence-electron chi connectivity index (χ3n) is 1.88. The molecule has 0 amide bonds. The second-order valence-electron chi connectivity index (χ2n) is 3.18. The largest absolute Gasteiger partial charge is 0.377 e. The highest BCUT2D eigenvalue weighted by Gasteiger charge is 1.92. The molecule has 0 aliphatic rings. The molecule has 0 aliphatic carbocycles. The van der Waals surface area contributed by atoms with Gasteiger partial charge in [-0.05, 0) is 24.2 Å². The van der Waals surface area contributed by atoms with Gasteiger partial charge >= 0.3 is 0 Å². The third-order valence-corrected chi connectivity index (χ3v) is 2.02. The molecular formula is C11H16N2OS. The number of thiocarbonyl (C=S) groups is 1. The van der Waals surface area contributed by atoms with E-state index in [0.29, 0.717) is 18.3 Å². The second kappa shape index (κ2) is 7.20. The van der Waals surface area contributed by atoms with Gasteiger partial charge in [-0.2, -0.15) is 0 Å². The predicted octanol–water partition coefficient (Wildman–Crippen LogP) is 1.43. The predicted molar refractivity (Wildman–Crippen MR) is 65.5 cm³/mol. The Balaban J connectivity index is 2.00. The van der Waals surface area contributed by atoms with E-state index in [1.807, 2.05) is 30.3 Å². The van der Waals surface area contributed by atoms with Crippen molar-refractivity contribution in [2.75, 3.05) is 13.2 Å². The highest BCUT2D eigenvalue weighted by atomic mass is 32.1. The molecule has 0 bridgehead atoms. The first kappa shape index (κ1) is 11.9. The van der Waals surface area contributed by atoms with Gasteiger partial charge in [0.25, 0.3) is 0 Å². The molecule has 3 N–H and O–H groups in total. The van der Waals surface area contributed by atoms with Crippen molar-refractivity contribution in [1.29, 1.82) is 0 Å². The maximum Gasteiger partial charge on any atom is 0.163 e. The molecule has 0 atom stereocenters. The van der Waals surface area contributed by atoms with Crippen molar-refractivity contribution in [3.63, 3.8) is 0 Å². The number of nitrogens with one attached hydrogen (secondary N) is 1. The summed E-state index contributed by atoms with van der Waals surface area (Å²) >= 11 is 4.68. The van der Waals surface area contributed by atoms with Gasteiger partial charge in [0.2, 0.25) is 0 Å². The lowest BCUT2D eigenvalue weighted by Crippen LogP contribution is -2.30. The van der Waals surface area contributed by atoms with E-state index < -0.39 is 0 Å². The number of benzene rings is 1. The van der Waals surface area contributed by atoms with Crippen LogP contribution in [-0.2, 0) is 11.3 Å². The first-order valence-electron chi connectivity index (χ1n) is 4.94. The van der Waals surface area contributed by atoms with Crippen molar-refractivity contribution in [3.05, 3.63) is 35.9 Å². The van der Waals surface area contributed by atoms with E-state index in [9.17, 15) is 0 Å². The van der Waals surface area contributed by atoms with Crippen LogP contribution in [0.5, 0.6) is 0 Å². The molecule has 0 spiro atoms. The first-order valence-corrected chi connectivity index (χ1v) is 5.35. The summed E-state index contributed by atoms with van der Waals surface area (Å²) in [6.45, 7) is 2.14. The zero-order valence-electron chi connectivity index (χ0n) is 8.61. The molecule has 3 nitrogen and oxygen atoms in total. The van der Waals surface area contributed by atoms with Gasteiger partial charge in [-0.15, -0.1) is 0 Å². The zero-order chi connectivity index (χ0) is 10.9. The Morgan fingerprint density at radius 3 is 2.73 bits per heavy atom. The smallest absolute Gasteiger partial charge is 0.163 e. The SMILES string of the molecule is NC(=S)NCCCOCc1ccccc1. The van der Waals surface area contributed by atoms with Gasteiger partial charge in [-0.25, -0.2) is 0 Å². The number of ether oxygens (including phenoxy) is 1. The molecule has 0 saturated heterocycles. The summed E-state index contributed by atoms with van der Waals surface area (Å²) in [5, 5.41) is 3.22. The van der Waals surface area contributed by atoms with Crippen LogP contribution in [0.2, 0.25) is 0 Å². The van der Waals surface area contributed by atoms with E-state index in [1.165, 1.54) is 5.56 Å². The lowest BCUT2D eigenvalue weighted by Gasteiger charge is -2.05. The van der Waals surface area contributed by atoms with E-state index in [4.69, 9.17) is 10.5 Å². The van der Waals surface area contributed by atoms with Gasteiger partial charge in [-0.1, -0.05) is 30.3 Å². The molecule has 0 fully saturated rings. The van der Waals surface area contributed by atoms with Crippen LogP contribution in [-0.4, -0.2) is 18.3 Å². The van der Waals surface area contributed by atoms with Crippen molar-refractivity contribution < 1.29 is 4.74 Å². The Kier molecular flexibility index (Phi) is 5.73. The zero-order valence-corrected chi connectivity index (χ0v) is 9.43. The van der Waals surface area contributed by atoms with Crippen molar-refractivity contribution in [3.8, 4) is 0 Å². The van der Waals surface area contributed by atoms with Crippen molar-refractivity contribution >= 4 is 17.3 Å². The van der Waals surface area contributed by atoms with Crippen LogP contribution in [0.4, 0.5) is 0 Å². The first-order chi connectivity index (χ1) is 7.29. The number of hydrogen-bond acceptors (Lipinski definition) is 2.